The second-order valence-electron chi connectivity index (χ2n) is 20.7. The van der Waals surface area contributed by atoms with Crippen molar-refractivity contribution in [3.63, 3.8) is 0 Å². The van der Waals surface area contributed by atoms with E-state index in [4.69, 9.17) is 28.4 Å². The highest BCUT2D eigenvalue weighted by molar-refractivity contribution is 5.76. The summed E-state index contributed by atoms with van der Waals surface area (Å²) < 4.78 is 34.2. The molecule has 3 rings (SSSR count). The van der Waals surface area contributed by atoms with Crippen molar-refractivity contribution in [2.24, 2.45) is 0 Å². The summed E-state index contributed by atoms with van der Waals surface area (Å²) in [6, 6.07) is -0.918. The Morgan fingerprint density at radius 1 is 0.481 bits per heavy atom. The lowest BCUT2D eigenvalue weighted by atomic mass is 9.96. The van der Waals surface area contributed by atoms with Crippen molar-refractivity contribution in [3.05, 3.63) is 60.8 Å². The number of amides is 1. The van der Waals surface area contributed by atoms with E-state index in [1.54, 1.807) is 0 Å². The van der Waals surface area contributed by atoms with Gasteiger partial charge in [-0.15, -0.1) is 0 Å². The molecule has 3 fully saturated rings. The number of carbonyl (C=O) groups excluding carboxylic acids is 1. The lowest BCUT2D eigenvalue weighted by Crippen LogP contribution is -2.66. The molecule has 3 saturated heterocycles. The predicted molar refractivity (Wildman–Crippen MR) is 291 cm³/mol. The lowest BCUT2D eigenvalue weighted by molar-refractivity contribution is -0.379. The van der Waals surface area contributed by atoms with Gasteiger partial charge in [-0.05, 0) is 51.4 Å². The number of ether oxygens (including phenoxy) is 6. The molecule has 19 heteroatoms. The quantitative estimate of drug-likeness (QED) is 0.0297. The zero-order valence-electron chi connectivity index (χ0n) is 46.2. The van der Waals surface area contributed by atoms with Crippen LogP contribution >= 0.6 is 0 Å². The molecule has 0 spiro atoms. The molecule has 12 N–H and O–H groups in total. The van der Waals surface area contributed by atoms with Crippen LogP contribution in [-0.2, 0) is 33.2 Å². The molecule has 3 heterocycles. The molecule has 1 amide bonds. The minimum absolute atomic E-state index is 0.185. The fourth-order valence-electron chi connectivity index (χ4n) is 9.58. The third-order valence-corrected chi connectivity index (χ3v) is 14.4. The average molecular weight is 1100 g/mol. The molecule has 0 aromatic rings. The van der Waals surface area contributed by atoms with Crippen LogP contribution in [0.4, 0.5) is 0 Å². The Balaban J connectivity index is 1.53. The van der Waals surface area contributed by atoms with Gasteiger partial charge in [0.1, 0.15) is 73.2 Å². The van der Waals surface area contributed by atoms with Crippen LogP contribution in [0.15, 0.2) is 60.8 Å². The van der Waals surface area contributed by atoms with Crippen molar-refractivity contribution in [2.75, 3.05) is 26.4 Å². The summed E-state index contributed by atoms with van der Waals surface area (Å²) in [5, 5.41) is 120. The summed E-state index contributed by atoms with van der Waals surface area (Å²) >= 11 is 0. The van der Waals surface area contributed by atoms with Crippen molar-refractivity contribution in [1.29, 1.82) is 0 Å². The van der Waals surface area contributed by atoms with Gasteiger partial charge in [0.2, 0.25) is 5.91 Å². The molecule has 0 aromatic carbocycles. The number of hydrogen-bond acceptors (Lipinski definition) is 18. The van der Waals surface area contributed by atoms with Crippen LogP contribution in [0.3, 0.4) is 0 Å². The number of aliphatic hydroxyl groups is 11. The van der Waals surface area contributed by atoms with Gasteiger partial charge in [-0.2, -0.15) is 0 Å². The zero-order chi connectivity index (χ0) is 56.2. The maximum atomic E-state index is 13.3. The van der Waals surface area contributed by atoms with Crippen molar-refractivity contribution in [3.8, 4) is 0 Å². The number of rotatable bonds is 41. The minimum Gasteiger partial charge on any atom is -0.394 e. The largest absolute Gasteiger partial charge is 0.394 e. The van der Waals surface area contributed by atoms with E-state index in [-0.39, 0.29) is 18.9 Å². The van der Waals surface area contributed by atoms with Gasteiger partial charge in [0, 0.05) is 6.42 Å². The number of aliphatic hydroxyl groups excluding tert-OH is 11. The van der Waals surface area contributed by atoms with Crippen molar-refractivity contribution in [2.45, 2.75) is 272 Å². The zero-order valence-corrected chi connectivity index (χ0v) is 46.2. The first-order chi connectivity index (χ1) is 37.3. The van der Waals surface area contributed by atoms with E-state index in [0.29, 0.717) is 25.7 Å². The topological polar surface area (TPSA) is 307 Å². The van der Waals surface area contributed by atoms with Crippen LogP contribution < -0.4 is 5.32 Å². The number of hydrogen-bond donors (Lipinski definition) is 12. The second kappa shape index (κ2) is 41.5. The van der Waals surface area contributed by atoms with E-state index < -0.39 is 124 Å². The smallest absolute Gasteiger partial charge is 0.220 e. The molecular formula is C58H101NO18. The molecule has 0 saturated carbocycles. The van der Waals surface area contributed by atoms with E-state index in [0.717, 1.165) is 51.4 Å². The minimum atomic E-state index is -1.98. The predicted octanol–water partition coefficient (Wildman–Crippen LogP) is 4.48. The summed E-state index contributed by atoms with van der Waals surface area (Å²) in [7, 11) is 0. The van der Waals surface area contributed by atoms with Gasteiger partial charge in [-0.3, -0.25) is 4.79 Å². The van der Waals surface area contributed by atoms with Gasteiger partial charge in [0.25, 0.3) is 0 Å². The summed E-state index contributed by atoms with van der Waals surface area (Å²) in [6.45, 7) is 1.61. The van der Waals surface area contributed by atoms with Gasteiger partial charge in [0.05, 0.1) is 38.6 Å². The summed E-state index contributed by atoms with van der Waals surface area (Å²) in [5.74, 6) is -0.302. The first-order valence-electron chi connectivity index (χ1n) is 29.0. The Morgan fingerprint density at radius 3 is 1.35 bits per heavy atom. The van der Waals surface area contributed by atoms with E-state index >= 15 is 0 Å². The first-order valence-corrected chi connectivity index (χ1v) is 29.0. The maximum absolute atomic E-state index is 13.3. The third-order valence-electron chi connectivity index (χ3n) is 14.4. The normalized spacial score (nSPS) is 31.2. The molecular weight excluding hydrogens is 999 g/mol. The second-order valence-corrected chi connectivity index (χ2v) is 20.7. The molecule has 19 nitrogen and oxygen atoms in total. The molecule has 3 aliphatic rings. The highest BCUT2D eigenvalue weighted by Crippen LogP contribution is 2.33. The van der Waals surface area contributed by atoms with Gasteiger partial charge in [-0.1, -0.05) is 171 Å². The van der Waals surface area contributed by atoms with Crippen LogP contribution in [0.2, 0.25) is 0 Å². The maximum Gasteiger partial charge on any atom is 0.220 e. The van der Waals surface area contributed by atoms with E-state index in [1.165, 1.54) is 70.6 Å². The molecule has 0 aromatic heterocycles. The van der Waals surface area contributed by atoms with Crippen molar-refractivity contribution < 1.29 is 89.4 Å². The molecule has 0 radical (unpaired) electrons. The van der Waals surface area contributed by atoms with Crippen LogP contribution in [-0.4, -0.2) is 193 Å². The van der Waals surface area contributed by atoms with E-state index in [2.05, 4.69) is 73.8 Å². The van der Waals surface area contributed by atoms with Gasteiger partial charge >= 0.3 is 0 Å². The highest BCUT2D eigenvalue weighted by Gasteiger charge is 2.53. The van der Waals surface area contributed by atoms with Crippen molar-refractivity contribution in [1.82, 2.24) is 5.32 Å². The van der Waals surface area contributed by atoms with Gasteiger partial charge in [0.15, 0.2) is 18.9 Å². The SMILES string of the molecule is CC/C=C\C/C=C\C/C=C\C/C=C\C/C=C\CCCC(=O)NC(COC1OC(CO)C(OC2OC(CO)C(OC3OC(CO)C(O)C(O)C3O)C(O)C2O)C(O)C1O)C(O)CCCCCCCCCCCCCCCCC. The third kappa shape index (κ3) is 25.9. The van der Waals surface area contributed by atoms with Crippen LogP contribution in [0, 0.1) is 0 Å². The van der Waals surface area contributed by atoms with Gasteiger partial charge in [-0.25, -0.2) is 0 Å². The first kappa shape index (κ1) is 68.8. The molecule has 3 aliphatic heterocycles. The number of unbranched alkanes of at least 4 members (excludes halogenated alkanes) is 15. The fourth-order valence-corrected chi connectivity index (χ4v) is 9.58. The van der Waals surface area contributed by atoms with E-state index in [1.807, 2.05) is 6.08 Å². The molecule has 446 valence electrons. The number of allylic oxidation sites excluding steroid dienone is 10. The van der Waals surface area contributed by atoms with Crippen LogP contribution in [0.25, 0.3) is 0 Å². The molecule has 77 heavy (non-hydrogen) atoms. The Bertz CT molecular complexity index is 1650. The lowest BCUT2D eigenvalue weighted by Gasteiger charge is -2.48. The molecule has 17 unspecified atom stereocenters. The highest BCUT2D eigenvalue weighted by atomic mass is 16.8. The number of carbonyl (C=O) groups is 1. The summed E-state index contributed by atoms with van der Waals surface area (Å²) in [6.07, 6.45) is 18.8. The standard InChI is InChI=1S/C58H101NO18/c1-3-5-7-9-11-13-15-17-19-20-22-24-26-28-30-32-34-36-46(64)59-41(42(63)35-33-31-29-27-25-23-21-18-16-14-12-10-8-6-4-2)40-72-56-52(70)49(67)54(44(38-61)74-56)77-58-53(71)50(68)55(45(39-62)75-58)76-57-51(69)48(66)47(65)43(37-60)73-57/h5,7,11,13,17,19,22,24,28,30,41-45,47-58,60-63,65-71H,3-4,6,8-10,12,14-16,18,20-21,23,25-27,29,31-40H2,1-2H3,(H,59,64)/b7-5-,13-11-,19-17-,24-22-,30-28-. The number of nitrogens with one attached hydrogen (secondary N) is 1. The Hall–Kier alpha value is -2.51. The summed E-state index contributed by atoms with van der Waals surface area (Å²) in [4.78, 5) is 13.3. The Kier molecular flexibility index (Phi) is 37.0. The monoisotopic (exact) mass is 1100 g/mol. The Morgan fingerprint density at radius 2 is 0.883 bits per heavy atom. The van der Waals surface area contributed by atoms with Crippen molar-refractivity contribution >= 4 is 5.91 Å². The van der Waals surface area contributed by atoms with Crippen LogP contribution in [0.5, 0.6) is 0 Å². The molecule has 0 aliphatic carbocycles. The average Bonchev–Trinajstić information content (AvgIpc) is 3.44. The van der Waals surface area contributed by atoms with Crippen LogP contribution in [0.1, 0.15) is 168 Å². The molecule has 0 bridgehead atoms. The Labute approximate surface area is 458 Å². The van der Waals surface area contributed by atoms with Gasteiger partial charge < -0.3 is 89.9 Å². The molecule has 17 atom stereocenters. The van der Waals surface area contributed by atoms with E-state index in [9.17, 15) is 61.0 Å². The summed E-state index contributed by atoms with van der Waals surface area (Å²) in [5.41, 5.74) is 0. The fraction of sp³-hybridized carbons (Fsp3) is 0.810.